The zero-order chi connectivity index (χ0) is 20.1. The van der Waals surface area contributed by atoms with E-state index in [1.807, 2.05) is 0 Å². The van der Waals surface area contributed by atoms with Crippen LogP contribution in [0.15, 0.2) is 60.7 Å². The standard InChI is InChI=1S/2C13H13.C2H6Si.2ClH.Zr/c2*1-3-7-12-10(5-1)9-11-6-2-4-8-13(11)12;1-3-2;;;/h2*1,3,5,7,9H,2,4,6,8H2;1-2H3;2*1H;/q2*-1;;;;+4/p-2. The number of benzene rings is 2. The van der Waals surface area contributed by atoms with E-state index in [4.69, 9.17) is 0 Å². The van der Waals surface area contributed by atoms with Crippen LogP contribution < -0.4 is 24.8 Å². The Kier molecular flexibility index (Phi) is 13.4. The Labute approximate surface area is 228 Å². The van der Waals surface area contributed by atoms with Crippen molar-refractivity contribution in [2.45, 2.75) is 64.5 Å². The molecule has 0 bridgehead atoms. The largest absolute Gasteiger partial charge is 4.00 e. The second-order valence-corrected chi connectivity index (χ2v) is 9.38. The summed E-state index contributed by atoms with van der Waals surface area (Å²) < 4.78 is 0. The first-order chi connectivity index (χ1) is 14.3. The number of rotatable bonds is 0. The normalized spacial score (nSPS) is 13.6. The van der Waals surface area contributed by atoms with Gasteiger partial charge in [-0.3, -0.25) is 0 Å². The van der Waals surface area contributed by atoms with Crippen LogP contribution in [0, 0.1) is 0 Å². The van der Waals surface area contributed by atoms with Crippen LogP contribution in [0.2, 0.25) is 13.1 Å². The SMILES string of the molecule is C[Si]C.[Cl-].[Cl-].[Zr+4].c1ccc2c3c([cH-]c2c1)CCCC3.c1ccc2c3c([cH-]c2c1)CCCC3. The van der Waals surface area contributed by atoms with E-state index in [1.54, 1.807) is 22.3 Å². The number of hydrogen-bond donors (Lipinski definition) is 0. The Bertz CT molecular complexity index is 994. The molecule has 2 radical (unpaired) electrons. The second kappa shape index (κ2) is 14.6. The van der Waals surface area contributed by atoms with Gasteiger partial charge in [-0.15, -0.1) is 81.2 Å². The Balaban J connectivity index is 0.000000264. The smallest absolute Gasteiger partial charge is 1.00 e. The van der Waals surface area contributed by atoms with Gasteiger partial charge in [0.15, 0.2) is 0 Å². The van der Waals surface area contributed by atoms with E-state index in [-0.39, 0.29) is 51.0 Å². The molecule has 0 atom stereocenters. The molecule has 6 rings (SSSR count). The van der Waals surface area contributed by atoms with Gasteiger partial charge in [-0.2, -0.15) is 11.1 Å². The summed E-state index contributed by atoms with van der Waals surface area (Å²) in [6.45, 7) is 4.31. The molecule has 2 aliphatic carbocycles. The van der Waals surface area contributed by atoms with Crippen molar-refractivity contribution >= 4 is 31.1 Å². The maximum atomic E-state index is 2.38. The molecule has 166 valence electrons. The van der Waals surface area contributed by atoms with Crippen molar-refractivity contribution in [1.29, 1.82) is 0 Å². The van der Waals surface area contributed by atoms with Crippen molar-refractivity contribution < 1.29 is 51.0 Å². The first-order valence-electron chi connectivity index (χ1n) is 11.2. The monoisotopic (exact) mass is 556 g/mol. The van der Waals surface area contributed by atoms with Gasteiger partial charge < -0.3 is 24.8 Å². The van der Waals surface area contributed by atoms with Gasteiger partial charge in [-0.1, -0.05) is 63.8 Å². The van der Waals surface area contributed by atoms with Gasteiger partial charge >= 0.3 is 26.2 Å². The molecular formula is C28H32Cl2SiZr. The van der Waals surface area contributed by atoms with Gasteiger partial charge in [-0.05, 0) is 12.8 Å². The number of hydrogen-bond acceptors (Lipinski definition) is 0. The van der Waals surface area contributed by atoms with Crippen LogP contribution in [-0.2, 0) is 51.9 Å². The Hall–Kier alpha value is -0.660. The second-order valence-electron chi connectivity index (χ2n) is 8.38. The van der Waals surface area contributed by atoms with Gasteiger partial charge in [-0.25, -0.2) is 0 Å². The summed E-state index contributed by atoms with van der Waals surface area (Å²) in [6.07, 6.45) is 10.7. The fourth-order valence-electron chi connectivity index (χ4n) is 4.96. The summed E-state index contributed by atoms with van der Waals surface area (Å²) in [5.41, 5.74) is 6.46. The van der Waals surface area contributed by atoms with Crippen LogP contribution >= 0.6 is 0 Å². The minimum atomic E-state index is 0. The number of halogens is 2. The molecule has 0 nitrogen and oxygen atoms in total. The third-order valence-corrected chi connectivity index (χ3v) is 6.25. The van der Waals surface area contributed by atoms with Crippen molar-refractivity contribution in [1.82, 2.24) is 0 Å². The van der Waals surface area contributed by atoms with Crippen LogP contribution in [-0.4, -0.2) is 9.52 Å². The summed E-state index contributed by atoms with van der Waals surface area (Å²) in [4.78, 5) is 0. The molecule has 0 aliphatic heterocycles. The molecule has 4 aromatic carbocycles. The quantitative estimate of drug-likeness (QED) is 0.228. The van der Waals surface area contributed by atoms with E-state index in [2.05, 4.69) is 73.8 Å². The number of fused-ring (bicyclic) bond motifs is 6. The van der Waals surface area contributed by atoms with Crippen molar-refractivity contribution in [2.75, 3.05) is 0 Å². The topological polar surface area (TPSA) is 0 Å². The summed E-state index contributed by atoms with van der Waals surface area (Å²) in [5.74, 6) is 0. The van der Waals surface area contributed by atoms with E-state index < -0.39 is 0 Å². The molecule has 0 unspecified atom stereocenters. The molecule has 0 saturated carbocycles. The molecule has 32 heavy (non-hydrogen) atoms. The first-order valence-corrected chi connectivity index (χ1v) is 13.2. The van der Waals surface area contributed by atoms with Crippen LogP contribution in [0.4, 0.5) is 0 Å². The molecule has 0 aromatic heterocycles. The Morgan fingerprint density at radius 3 is 1.34 bits per heavy atom. The van der Waals surface area contributed by atoms with Gasteiger partial charge in [0.25, 0.3) is 0 Å². The molecule has 2 aliphatic rings. The van der Waals surface area contributed by atoms with E-state index >= 15 is 0 Å². The predicted molar refractivity (Wildman–Crippen MR) is 130 cm³/mol. The van der Waals surface area contributed by atoms with Gasteiger partial charge in [0.2, 0.25) is 0 Å². The maximum absolute atomic E-state index is 2.38. The molecule has 0 N–H and O–H groups in total. The van der Waals surface area contributed by atoms with E-state index in [9.17, 15) is 0 Å². The third kappa shape index (κ3) is 6.69. The van der Waals surface area contributed by atoms with Crippen LogP contribution in [0.25, 0.3) is 21.5 Å². The van der Waals surface area contributed by atoms with Gasteiger partial charge in [0, 0.05) is 9.52 Å². The third-order valence-electron chi connectivity index (χ3n) is 6.25. The molecule has 4 heteroatoms. The van der Waals surface area contributed by atoms with Crippen molar-refractivity contribution in [3.05, 3.63) is 82.9 Å². The van der Waals surface area contributed by atoms with Crippen LogP contribution in [0.5, 0.6) is 0 Å². The minimum absolute atomic E-state index is 0. The summed E-state index contributed by atoms with van der Waals surface area (Å²) >= 11 is 0. The molecule has 0 amide bonds. The molecule has 0 fully saturated rings. The van der Waals surface area contributed by atoms with Crippen molar-refractivity contribution in [3.8, 4) is 0 Å². The fourth-order valence-corrected chi connectivity index (χ4v) is 4.96. The molecule has 4 aromatic rings. The van der Waals surface area contributed by atoms with Crippen LogP contribution in [0.3, 0.4) is 0 Å². The maximum Gasteiger partial charge on any atom is 4.00 e. The Morgan fingerprint density at radius 2 is 0.938 bits per heavy atom. The minimum Gasteiger partial charge on any atom is -1.00 e. The predicted octanol–water partition coefficient (Wildman–Crippen LogP) is 1.67. The fraction of sp³-hybridized carbons (Fsp3) is 0.357. The van der Waals surface area contributed by atoms with E-state index in [0.717, 1.165) is 9.52 Å². The first kappa shape index (κ1) is 29.4. The summed E-state index contributed by atoms with van der Waals surface area (Å²) in [5, 5.41) is 5.87. The molecule has 0 saturated heterocycles. The summed E-state index contributed by atoms with van der Waals surface area (Å²) in [7, 11) is 1.08. The number of aryl methyl sites for hydroxylation is 4. The van der Waals surface area contributed by atoms with Gasteiger partial charge in [0.05, 0.1) is 0 Å². The molecule has 0 heterocycles. The van der Waals surface area contributed by atoms with Gasteiger partial charge in [0.1, 0.15) is 0 Å². The zero-order valence-corrected chi connectivity index (χ0v) is 24.2. The molecule has 0 spiro atoms. The van der Waals surface area contributed by atoms with Crippen LogP contribution in [0.1, 0.15) is 47.9 Å². The average Bonchev–Trinajstić information content (AvgIpc) is 3.33. The average molecular weight is 559 g/mol. The molecular weight excluding hydrogens is 527 g/mol. The summed E-state index contributed by atoms with van der Waals surface area (Å²) in [6, 6.07) is 22.3. The zero-order valence-electron chi connectivity index (χ0n) is 19.2. The van der Waals surface area contributed by atoms with E-state index in [0.29, 0.717) is 0 Å². The van der Waals surface area contributed by atoms with E-state index in [1.165, 1.54) is 72.9 Å². The Morgan fingerprint density at radius 1 is 0.594 bits per heavy atom. The van der Waals surface area contributed by atoms with Crippen molar-refractivity contribution in [2.24, 2.45) is 0 Å². The van der Waals surface area contributed by atoms with Crippen molar-refractivity contribution in [3.63, 3.8) is 0 Å².